The molecule has 0 aromatic rings. The molecule has 0 spiro atoms. The Bertz CT molecular complexity index is 106. The molecule has 0 nitrogen and oxygen atoms in total. The monoisotopic (exact) mass is 157 g/mol. The molecular weight excluding hydrogens is 136 g/mol. The molecule has 0 saturated carbocycles. The van der Waals surface area contributed by atoms with Crippen molar-refractivity contribution < 1.29 is 0 Å². The van der Waals surface area contributed by atoms with Gasteiger partial charge in [-0.2, -0.15) is 0 Å². The molecule has 0 saturated heterocycles. The van der Waals surface area contributed by atoms with Crippen LogP contribution in [0.4, 0.5) is 0 Å². The summed E-state index contributed by atoms with van der Waals surface area (Å²) >= 11 is 0. The third kappa shape index (κ3) is 1.85. The summed E-state index contributed by atoms with van der Waals surface area (Å²) in [7, 11) is -1.09. The molecule has 0 N–H and O–H groups in total. The standard InChI is InChI=1S/C9H21Si/c1-8(2)10(6,7)9(3,4)5/h8H,1H2,2-7H3. The Morgan fingerprint density at radius 3 is 1.50 bits per heavy atom. The molecule has 0 bridgehead atoms. The minimum Gasteiger partial charge on any atom is -0.0688 e. The first-order valence-electron chi connectivity index (χ1n) is 4.02. The highest BCUT2D eigenvalue weighted by Gasteiger charge is 2.37. The molecule has 0 fully saturated rings. The summed E-state index contributed by atoms with van der Waals surface area (Å²) in [5.74, 6) is 0. The van der Waals surface area contributed by atoms with Crippen molar-refractivity contribution in [2.75, 3.05) is 0 Å². The highest BCUT2D eigenvalue weighted by atomic mass is 28.3. The minimum atomic E-state index is -1.09. The van der Waals surface area contributed by atoms with Gasteiger partial charge in [-0.15, -0.1) is 0 Å². The van der Waals surface area contributed by atoms with Crippen molar-refractivity contribution >= 4 is 8.07 Å². The molecule has 0 heterocycles. The lowest BCUT2D eigenvalue weighted by atomic mass is 10.2. The molecular formula is C9H21Si. The van der Waals surface area contributed by atoms with Crippen LogP contribution in [0.3, 0.4) is 0 Å². The van der Waals surface area contributed by atoms with Gasteiger partial charge in [0.05, 0.1) is 8.07 Å². The summed E-state index contributed by atoms with van der Waals surface area (Å²) in [6.45, 7) is 18.2. The average Bonchev–Trinajstić information content (AvgIpc) is 1.62. The van der Waals surface area contributed by atoms with E-state index in [1.165, 1.54) is 0 Å². The van der Waals surface area contributed by atoms with Crippen LogP contribution >= 0.6 is 0 Å². The lowest BCUT2D eigenvalue weighted by Gasteiger charge is -2.40. The SMILES string of the molecule is [CH2]C(C)[Si](C)(C)C(C)(C)C. The summed E-state index contributed by atoms with van der Waals surface area (Å²) < 4.78 is 0. The van der Waals surface area contributed by atoms with Gasteiger partial charge in [0.1, 0.15) is 0 Å². The van der Waals surface area contributed by atoms with Crippen molar-refractivity contribution in [3.63, 3.8) is 0 Å². The topological polar surface area (TPSA) is 0 Å². The van der Waals surface area contributed by atoms with Gasteiger partial charge in [-0.1, -0.05) is 47.7 Å². The second-order valence-electron chi connectivity index (χ2n) is 4.87. The molecule has 1 unspecified atom stereocenters. The zero-order chi connectivity index (χ0) is 8.58. The van der Waals surface area contributed by atoms with Crippen LogP contribution in [-0.4, -0.2) is 8.07 Å². The Morgan fingerprint density at radius 2 is 1.50 bits per heavy atom. The number of hydrogen-bond acceptors (Lipinski definition) is 0. The third-order valence-corrected chi connectivity index (χ3v) is 9.50. The predicted octanol–water partition coefficient (Wildman–Crippen LogP) is 3.72. The van der Waals surface area contributed by atoms with Gasteiger partial charge < -0.3 is 0 Å². The first kappa shape index (κ1) is 10.2. The molecule has 61 valence electrons. The van der Waals surface area contributed by atoms with Gasteiger partial charge in [0, 0.05) is 0 Å². The van der Waals surface area contributed by atoms with E-state index in [9.17, 15) is 0 Å². The molecule has 0 aliphatic carbocycles. The van der Waals surface area contributed by atoms with E-state index < -0.39 is 8.07 Å². The van der Waals surface area contributed by atoms with Gasteiger partial charge in [0.15, 0.2) is 0 Å². The summed E-state index contributed by atoms with van der Waals surface area (Å²) in [6, 6.07) is 0. The lowest BCUT2D eigenvalue weighted by Crippen LogP contribution is -2.40. The fourth-order valence-electron chi connectivity index (χ4n) is 0.739. The Hall–Kier alpha value is 0.217. The fraction of sp³-hybridized carbons (Fsp3) is 0.889. The van der Waals surface area contributed by atoms with Crippen LogP contribution in [0.15, 0.2) is 0 Å². The van der Waals surface area contributed by atoms with Crippen molar-refractivity contribution in [1.82, 2.24) is 0 Å². The van der Waals surface area contributed by atoms with Crippen LogP contribution in [0.2, 0.25) is 23.7 Å². The van der Waals surface area contributed by atoms with Gasteiger partial charge in [-0.3, -0.25) is 0 Å². The van der Waals surface area contributed by atoms with E-state index in [-0.39, 0.29) is 0 Å². The van der Waals surface area contributed by atoms with Crippen molar-refractivity contribution in [3.8, 4) is 0 Å². The Kier molecular flexibility index (Phi) is 2.75. The van der Waals surface area contributed by atoms with E-state index in [0.717, 1.165) is 0 Å². The predicted molar refractivity (Wildman–Crippen MR) is 52.0 cm³/mol. The van der Waals surface area contributed by atoms with E-state index in [1.807, 2.05) is 0 Å². The zero-order valence-electron chi connectivity index (χ0n) is 8.28. The van der Waals surface area contributed by atoms with E-state index in [0.29, 0.717) is 10.6 Å². The first-order valence-corrected chi connectivity index (χ1v) is 7.10. The van der Waals surface area contributed by atoms with Crippen LogP contribution in [0.1, 0.15) is 27.7 Å². The summed E-state index contributed by atoms with van der Waals surface area (Å²) in [4.78, 5) is 0. The van der Waals surface area contributed by atoms with Crippen molar-refractivity contribution in [1.29, 1.82) is 0 Å². The van der Waals surface area contributed by atoms with Crippen LogP contribution in [0.5, 0.6) is 0 Å². The molecule has 0 aromatic carbocycles. The minimum absolute atomic E-state index is 0.494. The Balaban J connectivity index is 4.40. The molecule has 1 atom stereocenters. The van der Waals surface area contributed by atoms with Gasteiger partial charge in [-0.25, -0.2) is 0 Å². The molecule has 0 rings (SSSR count). The largest absolute Gasteiger partial charge is 0.0688 e. The Labute approximate surface area is 67.0 Å². The van der Waals surface area contributed by atoms with E-state index in [2.05, 4.69) is 47.7 Å². The smallest absolute Gasteiger partial charge is 0.0556 e. The Morgan fingerprint density at radius 1 is 1.20 bits per heavy atom. The van der Waals surface area contributed by atoms with Crippen molar-refractivity contribution in [2.24, 2.45) is 0 Å². The first-order chi connectivity index (χ1) is 4.19. The molecule has 1 radical (unpaired) electrons. The van der Waals surface area contributed by atoms with Crippen LogP contribution in [0, 0.1) is 6.92 Å². The van der Waals surface area contributed by atoms with Crippen LogP contribution < -0.4 is 0 Å². The average molecular weight is 157 g/mol. The molecule has 10 heavy (non-hydrogen) atoms. The highest BCUT2D eigenvalue weighted by Crippen LogP contribution is 2.42. The summed E-state index contributed by atoms with van der Waals surface area (Å²) in [6.07, 6.45) is 0. The number of hydrogen-bond donors (Lipinski definition) is 0. The normalized spacial score (nSPS) is 14.4. The number of rotatable bonds is 1. The summed E-state index contributed by atoms with van der Waals surface area (Å²) in [5, 5.41) is 0.494. The van der Waals surface area contributed by atoms with Crippen LogP contribution in [-0.2, 0) is 0 Å². The fourth-order valence-corrected chi connectivity index (χ4v) is 2.22. The highest BCUT2D eigenvalue weighted by molar-refractivity contribution is 6.81. The van der Waals surface area contributed by atoms with Crippen LogP contribution in [0.25, 0.3) is 0 Å². The molecule has 0 aromatic heterocycles. The maximum Gasteiger partial charge on any atom is 0.0556 e. The zero-order valence-corrected chi connectivity index (χ0v) is 9.28. The van der Waals surface area contributed by atoms with E-state index in [4.69, 9.17) is 0 Å². The van der Waals surface area contributed by atoms with E-state index in [1.54, 1.807) is 0 Å². The van der Waals surface area contributed by atoms with Crippen molar-refractivity contribution in [3.05, 3.63) is 6.92 Å². The second-order valence-corrected chi connectivity index (χ2v) is 10.8. The third-order valence-electron chi connectivity index (χ3n) is 3.17. The molecule has 0 aliphatic heterocycles. The second kappa shape index (κ2) is 2.69. The molecule has 1 heteroatoms. The van der Waals surface area contributed by atoms with Gasteiger partial charge in [0.2, 0.25) is 0 Å². The van der Waals surface area contributed by atoms with Crippen molar-refractivity contribution in [2.45, 2.75) is 51.4 Å². The van der Waals surface area contributed by atoms with Gasteiger partial charge in [0.25, 0.3) is 0 Å². The van der Waals surface area contributed by atoms with Gasteiger partial charge in [-0.05, 0) is 10.6 Å². The molecule has 0 aliphatic rings. The molecule has 0 amide bonds. The van der Waals surface area contributed by atoms with E-state index >= 15 is 0 Å². The maximum absolute atomic E-state index is 4.14. The quantitative estimate of drug-likeness (QED) is 0.509. The van der Waals surface area contributed by atoms with Gasteiger partial charge >= 0.3 is 0 Å². The maximum atomic E-state index is 4.14. The lowest BCUT2D eigenvalue weighted by molar-refractivity contribution is 0.704. The summed E-state index contributed by atoms with van der Waals surface area (Å²) in [5.41, 5.74) is 0.646.